The number of benzene rings is 1. The van der Waals surface area contributed by atoms with Crippen molar-refractivity contribution in [2.75, 3.05) is 18.4 Å². The fourth-order valence-corrected chi connectivity index (χ4v) is 3.83. The predicted octanol–water partition coefficient (Wildman–Crippen LogP) is 1.73. The second-order valence-electron chi connectivity index (χ2n) is 6.03. The van der Waals surface area contributed by atoms with Crippen LogP contribution in [0.5, 0.6) is 0 Å². The standard InChI is InChI=1S/C16H20ClN5O2S/c17-12-1-3-14(4-2-12)25(23,24)22-6-5-19-16-9-15(20-10-21-16)11-7-13(18)8-11/h1-4,9-11,13,22H,5-8,18H2,(H,19,20,21). The van der Waals surface area contributed by atoms with Crippen LogP contribution in [0.1, 0.15) is 24.5 Å². The van der Waals surface area contributed by atoms with Gasteiger partial charge in [-0.05, 0) is 37.1 Å². The summed E-state index contributed by atoms with van der Waals surface area (Å²) in [6.07, 6.45) is 3.40. The van der Waals surface area contributed by atoms with E-state index >= 15 is 0 Å². The van der Waals surface area contributed by atoms with Gasteiger partial charge in [0.2, 0.25) is 10.0 Å². The summed E-state index contributed by atoms with van der Waals surface area (Å²) in [4.78, 5) is 8.62. The van der Waals surface area contributed by atoms with Crippen LogP contribution in [0, 0.1) is 0 Å². The summed E-state index contributed by atoms with van der Waals surface area (Å²) >= 11 is 5.77. The van der Waals surface area contributed by atoms with Gasteiger partial charge in [0.05, 0.1) is 4.90 Å². The average Bonchev–Trinajstić information content (AvgIpc) is 2.57. The molecule has 25 heavy (non-hydrogen) atoms. The van der Waals surface area contributed by atoms with Gasteiger partial charge in [0, 0.05) is 41.8 Å². The number of rotatable bonds is 7. The van der Waals surface area contributed by atoms with E-state index in [-0.39, 0.29) is 17.5 Å². The van der Waals surface area contributed by atoms with Gasteiger partial charge >= 0.3 is 0 Å². The summed E-state index contributed by atoms with van der Waals surface area (Å²) in [7, 11) is -3.55. The molecule has 1 aliphatic rings. The van der Waals surface area contributed by atoms with Gasteiger partial charge in [-0.1, -0.05) is 11.6 Å². The zero-order valence-electron chi connectivity index (χ0n) is 13.5. The van der Waals surface area contributed by atoms with Crippen LogP contribution in [0.2, 0.25) is 5.02 Å². The third-order valence-electron chi connectivity index (χ3n) is 4.13. The zero-order valence-corrected chi connectivity index (χ0v) is 15.1. The Morgan fingerprint density at radius 3 is 2.56 bits per heavy atom. The Bertz CT molecular complexity index is 823. The lowest BCUT2D eigenvalue weighted by atomic mass is 9.79. The molecule has 0 radical (unpaired) electrons. The SMILES string of the molecule is NC1CC(c2cc(NCCNS(=O)(=O)c3ccc(Cl)cc3)ncn2)C1. The Balaban J connectivity index is 1.50. The molecule has 1 aromatic heterocycles. The van der Waals surface area contributed by atoms with E-state index in [1.807, 2.05) is 6.07 Å². The molecule has 4 N–H and O–H groups in total. The molecule has 1 aromatic carbocycles. The van der Waals surface area contributed by atoms with Crippen molar-refractivity contribution in [2.45, 2.75) is 29.7 Å². The van der Waals surface area contributed by atoms with E-state index in [0.29, 0.717) is 23.3 Å². The van der Waals surface area contributed by atoms with Crippen molar-refractivity contribution >= 4 is 27.4 Å². The van der Waals surface area contributed by atoms with Gasteiger partial charge in [-0.2, -0.15) is 0 Å². The molecule has 0 atom stereocenters. The minimum Gasteiger partial charge on any atom is -0.369 e. The topological polar surface area (TPSA) is 110 Å². The molecule has 0 aliphatic heterocycles. The first-order chi connectivity index (χ1) is 11.9. The summed E-state index contributed by atoms with van der Waals surface area (Å²) in [6, 6.07) is 8.19. The quantitative estimate of drug-likeness (QED) is 0.630. The van der Waals surface area contributed by atoms with Crippen molar-refractivity contribution in [1.82, 2.24) is 14.7 Å². The van der Waals surface area contributed by atoms with Crippen molar-refractivity contribution in [3.05, 3.63) is 47.4 Å². The lowest BCUT2D eigenvalue weighted by molar-refractivity contribution is 0.345. The highest BCUT2D eigenvalue weighted by Crippen LogP contribution is 2.34. The Morgan fingerprint density at radius 1 is 1.16 bits per heavy atom. The molecule has 7 nitrogen and oxygen atoms in total. The van der Waals surface area contributed by atoms with Gasteiger partial charge in [-0.25, -0.2) is 23.1 Å². The van der Waals surface area contributed by atoms with Gasteiger partial charge in [-0.15, -0.1) is 0 Å². The number of anilines is 1. The summed E-state index contributed by atoms with van der Waals surface area (Å²) in [5.41, 5.74) is 6.78. The van der Waals surface area contributed by atoms with Crippen molar-refractivity contribution < 1.29 is 8.42 Å². The van der Waals surface area contributed by atoms with Crippen LogP contribution in [-0.4, -0.2) is 37.5 Å². The summed E-state index contributed by atoms with van der Waals surface area (Å²) < 4.78 is 26.8. The largest absolute Gasteiger partial charge is 0.369 e. The molecule has 0 unspecified atom stereocenters. The van der Waals surface area contributed by atoms with E-state index in [2.05, 4.69) is 20.0 Å². The number of nitrogens with one attached hydrogen (secondary N) is 2. The molecule has 0 bridgehead atoms. The first kappa shape index (κ1) is 18.1. The molecular weight excluding hydrogens is 362 g/mol. The predicted molar refractivity (Wildman–Crippen MR) is 97.1 cm³/mol. The van der Waals surface area contributed by atoms with Gasteiger partial charge in [0.25, 0.3) is 0 Å². The highest BCUT2D eigenvalue weighted by molar-refractivity contribution is 7.89. The van der Waals surface area contributed by atoms with E-state index in [9.17, 15) is 8.42 Å². The van der Waals surface area contributed by atoms with Crippen LogP contribution >= 0.6 is 11.6 Å². The maximum atomic E-state index is 12.2. The second-order valence-corrected chi connectivity index (χ2v) is 8.24. The van der Waals surface area contributed by atoms with E-state index in [1.165, 1.54) is 18.5 Å². The second kappa shape index (κ2) is 7.65. The number of nitrogens with two attached hydrogens (primary N) is 1. The third-order valence-corrected chi connectivity index (χ3v) is 5.86. The fraction of sp³-hybridized carbons (Fsp3) is 0.375. The van der Waals surface area contributed by atoms with E-state index in [4.69, 9.17) is 17.3 Å². The number of halogens is 1. The highest BCUT2D eigenvalue weighted by Gasteiger charge is 2.28. The van der Waals surface area contributed by atoms with Gasteiger partial charge in [0.1, 0.15) is 12.1 Å². The van der Waals surface area contributed by atoms with Crippen LogP contribution in [0.25, 0.3) is 0 Å². The van der Waals surface area contributed by atoms with Gasteiger partial charge in [0.15, 0.2) is 0 Å². The molecular formula is C16H20ClN5O2S. The molecule has 3 rings (SSSR count). The van der Waals surface area contributed by atoms with Crippen molar-refractivity contribution in [1.29, 1.82) is 0 Å². The van der Waals surface area contributed by atoms with Crippen molar-refractivity contribution in [3.8, 4) is 0 Å². The summed E-state index contributed by atoms with van der Waals surface area (Å²) in [5, 5.41) is 3.60. The van der Waals surface area contributed by atoms with E-state index in [1.54, 1.807) is 12.1 Å². The highest BCUT2D eigenvalue weighted by atomic mass is 35.5. The van der Waals surface area contributed by atoms with E-state index in [0.717, 1.165) is 18.5 Å². The van der Waals surface area contributed by atoms with Crippen molar-refractivity contribution in [3.63, 3.8) is 0 Å². The fourth-order valence-electron chi connectivity index (χ4n) is 2.67. The van der Waals surface area contributed by atoms with Crippen LogP contribution in [0.4, 0.5) is 5.82 Å². The minimum atomic E-state index is -3.55. The number of hydrogen-bond acceptors (Lipinski definition) is 6. The van der Waals surface area contributed by atoms with Gasteiger partial charge in [-0.3, -0.25) is 0 Å². The zero-order chi connectivity index (χ0) is 17.9. The smallest absolute Gasteiger partial charge is 0.240 e. The molecule has 9 heteroatoms. The molecule has 1 heterocycles. The number of nitrogens with zero attached hydrogens (tertiary/aromatic N) is 2. The molecule has 2 aromatic rings. The molecule has 0 amide bonds. The number of sulfonamides is 1. The van der Waals surface area contributed by atoms with E-state index < -0.39 is 10.0 Å². The van der Waals surface area contributed by atoms with Crippen molar-refractivity contribution in [2.24, 2.45) is 5.73 Å². The lowest BCUT2D eigenvalue weighted by Crippen LogP contribution is -2.35. The van der Waals surface area contributed by atoms with Crippen LogP contribution in [0.15, 0.2) is 41.6 Å². The Morgan fingerprint density at radius 2 is 1.88 bits per heavy atom. The molecule has 1 fully saturated rings. The first-order valence-corrected chi connectivity index (χ1v) is 9.87. The van der Waals surface area contributed by atoms with Crippen LogP contribution in [-0.2, 0) is 10.0 Å². The number of aromatic nitrogens is 2. The Labute approximate surface area is 152 Å². The third kappa shape index (κ3) is 4.66. The van der Waals surface area contributed by atoms with Crippen LogP contribution < -0.4 is 15.8 Å². The maximum Gasteiger partial charge on any atom is 0.240 e. The molecule has 0 spiro atoms. The van der Waals surface area contributed by atoms with Gasteiger partial charge < -0.3 is 11.1 Å². The maximum absolute atomic E-state index is 12.2. The Kier molecular flexibility index (Phi) is 5.53. The molecule has 1 aliphatic carbocycles. The first-order valence-electron chi connectivity index (χ1n) is 8.01. The summed E-state index contributed by atoms with van der Waals surface area (Å²) in [6.45, 7) is 0.645. The molecule has 0 saturated heterocycles. The normalized spacial score (nSPS) is 20.1. The average molecular weight is 382 g/mol. The monoisotopic (exact) mass is 381 g/mol. The van der Waals surface area contributed by atoms with Crippen LogP contribution in [0.3, 0.4) is 0 Å². The molecule has 134 valence electrons. The molecule has 1 saturated carbocycles. The lowest BCUT2D eigenvalue weighted by Gasteiger charge is -2.31. The number of hydrogen-bond donors (Lipinski definition) is 3. The Hall–Kier alpha value is -1.74. The summed E-state index contributed by atoms with van der Waals surface area (Å²) in [5.74, 6) is 1.07. The minimum absolute atomic E-state index is 0.183.